The molecule has 0 aromatic heterocycles. The van der Waals surface area contributed by atoms with Crippen molar-refractivity contribution < 1.29 is 14.7 Å². The fraction of sp³-hybridized carbons (Fsp3) is 0.545. The highest BCUT2D eigenvalue weighted by atomic mass is 79.9. The summed E-state index contributed by atoms with van der Waals surface area (Å²) in [5.41, 5.74) is 1.32. The van der Waals surface area contributed by atoms with E-state index < -0.39 is 0 Å². The number of carbonyl (C=O) groups excluding carboxylic acids is 2. The van der Waals surface area contributed by atoms with Crippen molar-refractivity contribution in [2.75, 3.05) is 52.4 Å². The fourth-order valence-corrected chi connectivity index (χ4v) is 4.71. The first kappa shape index (κ1) is 22.2. The van der Waals surface area contributed by atoms with Crippen LogP contribution in [0.15, 0.2) is 40.5 Å². The number of benzene rings is 1. The van der Waals surface area contributed by atoms with Gasteiger partial charge in [-0.25, -0.2) is 0 Å². The van der Waals surface area contributed by atoms with Gasteiger partial charge in [0, 0.05) is 74.7 Å². The summed E-state index contributed by atoms with van der Waals surface area (Å²) >= 11 is 3.55. The molecular formula is C22H30BrN3O3. The second-order valence-corrected chi connectivity index (χ2v) is 8.68. The monoisotopic (exact) mass is 463 g/mol. The van der Waals surface area contributed by atoms with Crippen LogP contribution in [0.4, 0.5) is 0 Å². The zero-order chi connectivity index (χ0) is 20.8. The second-order valence-electron chi connectivity index (χ2n) is 7.83. The number of nitrogens with zero attached hydrogens (tertiary/aromatic N) is 2. The van der Waals surface area contributed by atoms with Crippen LogP contribution >= 0.6 is 15.9 Å². The summed E-state index contributed by atoms with van der Waals surface area (Å²) in [6.45, 7) is 8.30. The Balaban J connectivity index is 1.51. The number of Topliss-reactive ketones (excluding diaryl/α,β-unsaturated/α-hetero) is 2. The first-order valence-electron chi connectivity index (χ1n) is 10.3. The summed E-state index contributed by atoms with van der Waals surface area (Å²) < 4.78 is 0.946. The standard InChI is InChI=1S/C22H30BrN3O3/c1-16-18(17-4-2-3-5-20(17)23)14-21(28)19(22(16)29)15-24-6-7-25-8-10-26(11-9-25)12-13-27/h2-5,15-16,18,24,27H,6-14H2,1H3/b19-15-. The molecule has 1 saturated carbocycles. The fourth-order valence-electron chi connectivity index (χ4n) is 4.13. The molecule has 1 aliphatic heterocycles. The quantitative estimate of drug-likeness (QED) is 0.364. The lowest BCUT2D eigenvalue weighted by molar-refractivity contribution is -0.127. The van der Waals surface area contributed by atoms with Gasteiger partial charge in [-0.2, -0.15) is 0 Å². The van der Waals surface area contributed by atoms with E-state index in [0.29, 0.717) is 18.5 Å². The molecule has 1 aromatic carbocycles. The molecule has 2 N–H and O–H groups in total. The third-order valence-electron chi connectivity index (χ3n) is 5.99. The van der Waals surface area contributed by atoms with Crippen molar-refractivity contribution >= 4 is 27.5 Å². The predicted octanol–water partition coefficient (Wildman–Crippen LogP) is 1.79. The van der Waals surface area contributed by atoms with E-state index >= 15 is 0 Å². The Morgan fingerprint density at radius 3 is 2.45 bits per heavy atom. The Bertz CT molecular complexity index is 759. The maximum absolute atomic E-state index is 12.8. The van der Waals surface area contributed by atoms with Crippen LogP contribution in [0.3, 0.4) is 0 Å². The highest BCUT2D eigenvalue weighted by molar-refractivity contribution is 9.10. The second kappa shape index (κ2) is 10.5. The SMILES string of the molecule is CC1C(=O)/C(=C\NCCN2CCN(CCO)CC2)C(=O)CC1c1ccccc1Br. The smallest absolute Gasteiger partial charge is 0.171 e. The third-order valence-corrected chi connectivity index (χ3v) is 6.72. The summed E-state index contributed by atoms with van der Waals surface area (Å²) in [5, 5.41) is 12.2. The first-order valence-corrected chi connectivity index (χ1v) is 11.1. The topological polar surface area (TPSA) is 72.9 Å². The lowest BCUT2D eigenvalue weighted by Crippen LogP contribution is -2.48. The summed E-state index contributed by atoms with van der Waals surface area (Å²) in [6, 6.07) is 7.82. The Morgan fingerprint density at radius 1 is 1.14 bits per heavy atom. The van der Waals surface area contributed by atoms with E-state index in [2.05, 4.69) is 31.0 Å². The number of allylic oxidation sites excluding steroid dienone is 1. The maximum Gasteiger partial charge on any atom is 0.171 e. The molecule has 0 bridgehead atoms. The number of β-amino-alcohol motifs (C(OH)–C–C–N with tert-alkyl or cyclic N) is 1. The minimum atomic E-state index is -0.223. The van der Waals surface area contributed by atoms with Crippen LogP contribution in [0.5, 0.6) is 0 Å². The molecule has 7 heteroatoms. The first-order chi connectivity index (χ1) is 14.0. The van der Waals surface area contributed by atoms with Crippen LogP contribution in [-0.2, 0) is 9.59 Å². The van der Waals surface area contributed by atoms with Crippen molar-refractivity contribution in [2.24, 2.45) is 5.92 Å². The lowest BCUT2D eigenvalue weighted by atomic mass is 9.73. The van der Waals surface area contributed by atoms with Gasteiger partial charge in [-0.3, -0.25) is 19.4 Å². The van der Waals surface area contributed by atoms with Crippen molar-refractivity contribution in [3.8, 4) is 0 Å². The van der Waals surface area contributed by atoms with E-state index in [1.807, 2.05) is 31.2 Å². The van der Waals surface area contributed by atoms with Crippen molar-refractivity contribution in [3.05, 3.63) is 46.1 Å². The molecule has 3 rings (SSSR count). The summed E-state index contributed by atoms with van der Waals surface area (Å²) in [4.78, 5) is 30.1. The van der Waals surface area contributed by atoms with E-state index in [1.54, 1.807) is 6.20 Å². The molecule has 1 saturated heterocycles. The van der Waals surface area contributed by atoms with Gasteiger partial charge >= 0.3 is 0 Å². The highest BCUT2D eigenvalue weighted by Gasteiger charge is 2.38. The molecular weight excluding hydrogens is 434 g/mol. The molecule has 1 aromatic rings. The number of ketones is 2. The molecule has 2 aliphatic rings. The van der Waals surface area contributed by atoms with Crippen molar-refractivity contribution in [1.82, 2.24) is 15.1 Å². The van der Waals surface area contributed by atoms with Crippen molar-refractivity contribution in [3.63, 3.8) is 0 Å². The maximum atomic E-state index is 12.8. The lowest BCUT2D eigenvalue weighted by Gasteiger charge is -2.34. The highest BCUT2D eigenvalue weighted by Crippen LogP contribution is 2.38. The van der Waals surface area contributed by atoms with Gasteiger partial charge in [-0.15, -0.1) is 0 Å². The molecule has 2 unspecified atom stereocenters. The van der Waals surface area contributed by atoms with Gasteiger partial charge in [0.2, 0.25) is 0 Å². The van der Waals surface area contributed by atoms with Gasteiger partial charge in [0.1, 0.15) is 0 Å². The molecule has 0 amide bonds. The van der Waals surface area contributed by atoms with Gasteiger partial charge in [-0.1, -0.05) is 41.1 Å². The molecule has 158 valence electrons. The van der Waals surface area contributed by atoms with Gasteiger partial charge in [0.25, 0.3) is 0 Å². The number of aliphatic hydroxyl groups excluding tert-OH is 1. The van der Waals surface area contributed by atoms with Gasteiger partial charge < -0.3 is 10.4 Å². The molecule has 2 fully saturated rings. The Kier molecular flexibility index (Phi) is 8.00. The number of nitrogens with one attached hydrogen (secondary N) is 1. The summed E-state index contributed by atoms with van der Waals surface area (Å²) in [5.74, 6) is -0.469. The molecule has 1 heterocycles. The van der Waals surface area contributed by atoms with E-state index in [0.717, 1.165) is 49.3 Å². The number of hydrogen-bond donors (Lipinski definition) is 2. The molecule has 6 nitrogen and oxygen atoms in total. The summed E-state index contributed by atoms with van der Waals surface area (Å²) in [7, 11) is 0. The molecule has 2 atom stereocenters. The van der Waals surface area contributed by atoms with Crippen LogP contribution in [0, 0.1) is 5.92 Å². The van der Waals surface area contributed by atoms with Gasteiger partial charge in [0.15, 0.2) is 11.6 Å². The van der Waals surface area contributed by atoms with Gasteiger partial charge in [0.05, 0.1) is 12.2 Å². The molecule has 29 heavy (non-hydrogen) atoms. The number of hydrogen-bond acceptors (Lipinski definition) is 6. The zero-order valence-electron chi connectivity index (χ0n) is 16.9. The number of aliphatic hydroxyl groups is 1. The van der Waals surface area contributed by atoms with E-state index in [-0.39, 0.29) is 30.0 Å². The Morgan fingerprint density at radius 2 is 1.79 bits per heavy atom. The summed E-state index contributed by atoms with van der Waals surface area (Å²) in [6.07, 6.45) is 1.98. The number of piperazine rings is 1. The molecule has 0 radical (unpaired) electrons. The Hall–Kier alpha value is -1.54. The van der Waals surface area contributed by atoms with E-state index in [4.69, 9.17) is 5.11 Å². The molecule has 1 aliphatic carbocycles. The van der Waals surface area contributed by atoms with Crippen LogP contribution in [-0.4, -0.2) is 78.9 Å². The number of halogens is 1. The number of rotatable bonds is 7. The third kappa shape index (κ3) is 5.54. The average molecular weight is 464 g/mol. The molecule has 0 spiro atoms. The zero-order valence-corrected chi connectivity index (χ0v) is 18.5. The van der Waals surface area contributed by atoms with Crippen LogP contribution in [0.25, 0.3) is 0 Å². The average Bonchev–Trinajstić information content (AvgIpc) is 2.72. The minimum absolute atomic E-state index is 0.0767. The van der Waals surface area contributed by atoms with Crippen molar-refractivity contribution in [2.45, 2.75) is 19.3 Å². The number of carbonyl (C=O) groups is 2. The largest absolute Gasteiger partial charge is 0.395 e. The van der Waals surface area contributed by atoms with Crippen LogP contribution < -0.4 is 5.32 Å². The van der Waals surface area contributed by atoms with Gasteiger partial charge in [-0.05, 0) is 11.6 Å². The van der Waals surface area contributed by atoms with E-state index in [9.17, 15) is 9.59 Å². The Labute approximate surface area is 181 Å². The van der Waals surface area contributed by atoms with E-state index in [1.165, 1.54) is 0 Å². The predicted molar refractivity (Wildman–Crippen MR) is 117 cm³/mol. The minimum Gasteiger partial charge on any atom is -0.395 e. The van der Waals surface area contributed by atoms with Crippen LogP contribution in [0.1, 0.15) is 24.8 Å². The van der Waals surface area contributed by atoms with Crippen LogP contribution in [0.2, 0.25) is 0 Å². The normalized spacial score (nSPS) is 25.6. The van der Waals surface area contributed by atoms with Crippen molar-refractivity contribution in [1.29, 1.82) is 0 Å².